The highest BCUT2D eigenvalue weighted by molar-refractivity contribution is 5.79. The van der Waals surface area contributed by atoms with Crippen LogP contribution in [0.2, 0.25) is 0 Å². The van der Waals surface area contributed by atoms with E-state index >= 15 is 0 Å². The molecule has 1 aromatic heterocycles. The van der Waals surface area contributed by atoms with E-state index < -0.39 is 0 Å². The minimum atomic E-state index is 0.114. The summed E-state index contributed by atoms with van der Waals surface area (Å²) in [5.74, 6) is 1.06. The van der Waals surface area contributed by atoms with E-state index in [4.69, 9.17) is 15.0 Å². The summed E-state index contributed by atoms with van der Waals surface area (Å²) in [6.07, 6.45) is 11.6. The predicted octanol–water partition coefficient (Wildman–Crippen LogP) is 9.35. The normalized spacial score (nSPS) is 17.7. The van der Waals surface area contributed by atoms with Crippen LogP contribution in [0.1, 0.15) is 19.0 Å². The molecule has 2 aliphatic rings. The monoisotopic (exact) mass is 570 g/mol. The van der Waals surface area contributed by atoms with Crippen molar-refractivity contribution in [3.63, 3.8) is 0 Å². The van der Waals surface area contributed by atoms with E-state index in [9.17, 15) is 0 Å². The van der Waals surface area contributed by atoms with Gasteiger partial charge in [0.05, 0.1) is 11.4 Å². The number of aromatic nitrogens is 2. The van der Waals surface area contributed by atoms with Gasteiger partial charge >= 0.3 is 0 Å². The van der Waals surface area contributed by atoms with Gasteiger partial charge in [0.15, 0.2) is 5.82 Å². The van der Waals surface area contributed by atoms with Crippen molar-refractivity contribution in [2.75, 3.05) is 7.05 Å². The quantitative estimate of drug-likeness (QED) is 0.204. The van der Waals surface area contributed by atoms with Gasteiger partial charge in [-0.25, -0.2) is 9.97 Å². The highest BCUT2D eigenvalue weighted by Gasteiger charge is 2.27. The van der Waals surface area contributed by atoms with Crippen LogP contribution in [0.5, 0.6) is 0 Å². The minimum Gasteiger partial charge on any atom is -0.359 e. The SMILES string of the molecule is CC1=CC(c2cc(-c3ccc(-c4ccc(-c5ccccc5)cc4)cc3)nc(-c3ccccc3)n2)=CCC1C1N=CC=CN1C. The van der Waals surface area contributed by atoms with Crippen LogP contribution >= 0.6 is 0 Å². The van der Waals surface area contributed by atoms with Crippen LogP contribution in [0, 0.1) is 5.92 Å². The highest BCUT2D eigenvalue weighted by Crippen LogP contribution is 2.35. The van der Waals surface area contributed by atoms with Gasteiger partial charge in [-0.1, -0.05) is 127 Å². The number of nitrogens with zero attached hydrogens (tertiary/aromatic N) is 4. The Morgan fingerprint density at radius 3 is 1.77 bits per heavy atom. The van der Waals surface area contributed by atoms with E-state index in [1.54, 1.807) is 0 Å². The van der Waals surface area contributed by atoms with Gasteiger partial charge in [-0.05, 0) is 53.3 Å². The average Bonchev–Trinajstić information content (AvgIpc) is 3.09. The molecule has 0 fully saturated rings. The summed E-state index contributed by atoms with van der Waals surface area (Å²) < 4.78 is 0. The maximum atomic E-state index is 5.06. The molecule has 7 rings (SSSR count). The van der Waals surface area contributed by atoms with Gasteiger partial charge in [0.1, 0.15) is 6.17 Å². The Bertz CT molecular complexity index is 1880. The van der Waals surface area contributed by atoms with Gasteiger partial charge in [0.25, 0.3) is 0 Å². The lowest BCUT2D eigenvalue weighted by molar-refractivity contribution is 0.264. The van der Waals surface area contributed by atoms with Crippen LogP contribution in [0.25, 0.3) is 50.5 Å². The topological polar surface area (TPSA) is 41.4 Å². The second kappa shape index (κ2) is 12.1. The fourth-order valence-electron chi connectivity index (χ4n) is 6.06. The van der Waals surface area contributed by atoms with Gasteiger partial charge in [-0.15, -0.1) is 0 Å². The molecule has 0 saturated heterocycles. The first-order valence-corrected chi connectivity index (χ1v) is 15.1. The molecule has 1 aliphatic heterocycles. The molecule has 0 saturated carbocycles. The summed E-state index contributed by atoms with van der Waals surface area (Å²) in [6, 6.07) is 40.3. The Morgan fingerprint density at radius 2 is 1.18 bits per heavy atom. The number of rotatable bonds is 6. The van der Waals surface area contributed by atoms with Gasteiger partial charge in [-0.3, -0.25) is 4.99 Å². The van der Waals surface area contributed by atoms with Crippen LogP contribution in [0.15, 0.2) is 150 Å². The van der Waals surface area contributed by atoms with Crippen molar-refractivity contribution in [1.82, 2.24) is 14.9 Å². The molecular weight excluding hydrogens is 536 g/mol. The highest BCUT2D eigenvalue weighted by atomic mass is 15.2. The zero-order chi connectivity index (χ0) is 29.9. The van der Waals surface area contributed by atoms with Gasteiger partial charge in [0.2, 0.25) is 0 Å². The number of benzene rings is 4. The van der Waals surface area contributed by atoms with Crippen molar-refractivity contribution >= 4 is 11.8 Å². The number of hydrogen-bond acceptors (Lipinski definition) is 4. The molecule has 2 heterocycles. The first kappa shape index (κ1) is 27.5. The molecule has 5 aromatic rings. The molecule has 0 amide bonds. The second-order valence-electron chi connectivity index (χ2n) is 11.5. The molecule has 4 nitrogen and oxygen atoms in total. The molecule has 0 bridgehead atoms. The van der Waals surface area contributed by atoms with Crippen molar-refractivity contribution in [3.05, 3.63) is 151 Å². The maximum Gasteiger partial charge on any atom is 0.160 e. The Balaban J connectivity index is 1.20. The number of allylic oxidation sites excluding steroid dienone is 4. The molecule has 2 atom stereocenters. The molecule has 44 heavy (non-hydrogen) atoms. The molecule has 1 aliphatic carbocycles. The van der Waals surface area contributed by atoms with E-state index in [-0.39, 0.29) is 6.17 Å². The van der Waals surface area contributed by atoms with Crippen LogP contribution in [0.3, 0.4) is 0 Å². The lowest BCUT2D eigenvalue weighted by atomic mass is 9.85. The van der Waals surface area contributed by atoms with Crippen molar-refractivity contribution < 1.29 is 0 Å². The van der Waals surface area contributed by atoms with Crippen LogP contribution in [0.4, 0.5) is 0 Å². The second-order valence-corrected chi connectivity index (χ2v) is 11.5. The predicted molar refractivity (Wildman–Crippen MR) is 183 cm³/mol. The Hall–Kier alpha value is -5.35. The van der Waals surface area contributed by atoms with Crippen LogP contribution < -0.4 is 0 Å². The molecule has 0 spiro atoms. The zero-order valence-corrected chi connectivity index (χ0v) is 25.0. The van der Waals surface area contributed by atoms with Crippen LogP contribution in [-0.2, 0) is 0 Å². The maximum absolute atomic E-state index is 5.06. The molecule has 4 heteroatoms. The summed E-state index contributed by atoms with van der Waals surface area (Å²) in [4.78, 5) is 17.1. The lowest BCUT2D eigenvalue weighted by Gasteiger charge is -2.34. The Kier molecular flexibility index (Phi) is 7.56. The Labute approximate surface area is 259 Å². The van der Waals surface area contributed by atoms with Gasteiger partial charge < -0.3 is 4.90 Å². The van der Waals surface area contributed by atoms with Crippen molar-refractivity contribution in [3.8, 4) is 44.9 Å². The van der Waals surface area contributed by atoms with Gasteiger partial charge in [-0.2, -0.15) is 0 Å². The summed E-state index contributed by atoms with van der Waals surface area (Å²) in [5.41, 5.74) is 11.2. The first-order valence-electron chi connectivity index (χ1n) is 15.1. The fourth-order valence-corrected chi connectivity index (χ4v) is 6.06. The van der Waals surface area contributed by atoms with E-state index in [1.165, 1.54) is 27.8 Å². The zero-order valence-electron chi connectivity index (χ0n) is 25.0. The molecule has 2 unspecified atom stereocenters. The fraction of sp³-hybridized carbons (Fsp3) is 0.125. The van der Waals surface area contributed by atoms with E-state index in [0.717, 1.165) is 40.3 Å². The Morgan fingerprint density at radius 1 is 0.636 bits per heavy atom. The number of aliphatic imine (C=N–C) groups is 1. The summed E-state index contributed by atoms with van der Waals surface area (Å²) in [5, 5.41) is 0. The third-order valence-corrected chi connectivity index (χ3v) is 8.54. The lowest BCUT2D eigenvalue weighted by Crippen LogP contribution is -2.35. The first-order chi connectivity index (χ1) is 21.6. The summed E-state index contributed by atoms with van der Waals surface area (Å²) >= 11 is 0. The molecule has 0 radical (unpaired) electrons. The molecule has 214 valence electrons. The van der Waals surface area contributed by atoms with E-state index in [1.807, 2.05) is 36.6 Å². The molecule has 4 aromatic carbocycles. The minimum absolute atomic E-state index is 0.114. The third kappa shape index (κ3) is 5.67. The van der Waals surface area contributed by atoms with Crippen LogP contribution in [-0.4, -0.2) is 34.3 Å². The summed E-state index contributed by atoms with van der Waals surface area (Å²) in [7, 11) is 2.10. The summed E-state index contributed by atoms with van der Waals surface area (Å²) in [6.45, 7) is 2.21. The van der Waals surface area contributed by atoms with E-state index in [0.29, 0.717) is 5.92 Å². The van der Waals surface area contributed by atoms with Crippen molar-refractivity contribution in [2.24, 2.45) is 10.9 Å². The third-order valence-electron chi connectivity index (χ3n) is 8.54. The standard InChI is InChI=1S/C40H34N4/c1-28-26-35(22-23-36(28)40-41-24-9-25-44(40)2)38-27-37(42-39(43-38)34-12-7-4-8-13-34)33-20-18-32(19-21-33)31-16-14-30(15-17-31)29-10-5-3-6-11-29/h3-22,24-27,36,40H,23H2,1-2H3. The van der Waals surface area contributed by atoms with Gasteiger partial charge in [0, 0.05) is 36.5 Å². The molecular formula is C40H34N4. The van der Waals surface area contributed by atoms with Crippen molar-refractivity contribution in [2.45, 2.75) is 19.5 Å². The average molecular weight is 571 g/mol. The largest absolute Gasteiger partial charge is 0.359 e. The smallest absolute Gasteiger partial charge is 0.160 e. The number of hydrogen-bond donors (Lipinski definition) is 0. The molecule has 0 N–H and O–H groups in total. The van der Waals surface area contributed by atoms with E-state index in [2.05, 4.69) is 128 Å². The van der Waals surface area contributed by atoms with Crippen molar-refractivity contribution in [1.29, 1.82) is 0 Å².